The summed E-state index contributed by atoms with van der Waals surface area (Å²) in [5.41, 5.74) is 1.27. The van der Waals surface area contributed by atoms with Crippen molar-refractivity contribution in [2.75, 3.05) is 13.1 Å². The second kappa shape index (κ2) is 5.87. The van der Waals surface area contributed by atoms with Crippen molar-refractivity contribution in [1.29, 1.82) is 0 Å². The molecule has 1 aromatic carbocycles. The van der Waals surface area contributed by atoms with E-state index in [4.69, 9.17) is 0 Å². The fraction of sp³-hybridized carbons (Fsp3) is 0.571. The van der Waals surface area contributed by atoms with Gasteiger partial charge in [0.25, 0.3) is 0 Å². The molecule has 0 aliphatic carbocycles. The standard InChI is InChI=1S/C14H20BrNO/c1-11-3-2-7-16(8-6-11)10-12-4-5-14(17)13(15)9-12/h4-5,9,11,17H,2-3,6-8,10H2,1H3. The smallest absolute Gasteiger partial charge is 0.129 e. The van der Waals surface area contributed by atoms with Gasteiger partial charge in [-0.3, -0.25) is 4.90 Å². The quantitative estimate of drug-likeness (QED) is 0.898. The molecule has 0 spiro atoms. The molecule has 0 radical (unpaired) electrons. The Morgan fingerprint density at radius 3 is 2.94 bits per heavy atom. The fourth-order valence-corrected chi connectivity index (χ4v) is 2.81. The summed E-state index contributed by atoms with van der Waals surface area (Å²) in [6.07, 6.45) is 3.97. The second-order valence-corrected chi connectivity index (χ2v) is 5.95. The number of likely N-dealkylation sites (tertiary alicyclic amines) is 1. The lowest BCUT2D eigenvalue weighted by Gasteiger charge is -2.20. The summed E-state index contributed by atoms with van der Waals surface area (Å²) < 4.78 is 0.790. The van der Waals surface area contributed by atoms with Crippen LogP contribution in [0.3, 0.4) is 0 Å². The molecule has 2 nitrogen and oxygen atoms in total. The van der Waals surface area contributed by atoms with E-state index < -0.39 is 0 Å². The van der Waals surface area contributed by atoms with E-state index in [9.17, 15) is 5.11 Å². The molecule has 1 saturated heterocycles. The highest BCUT2D eigenvalue weighted by molar-refractivity contribution is 9.10. The molecular weight excluding hydrogens is 278 g/mol. The number of halogens is 1. The maximum atomic E-state index is 9.47. The molecule has 0 bridgehead atoms. The fourth-order valence-electron chi connectivity index (χ4n) is 2.39. The molecule has 0 aromatic heterocycles. The van der Waals surface area contributed by atoms with Crippen molar-refractivity contribution in [1.82, 2.24) is 4.90 Å². The number of hydrogen-bond acceptors (Lipinski definition) is 2. The monoisotopic (exact) mass is 297 g/mol. The number of hydrogen-bond donors (Lipinski definition) is 1. The van der Waals surface area contributed by atoms with E-state index in [0.717, 1.165) is 16.9 Å². The van der Waals surface area contributed by atoms with Crippen LogP contribution in [0, 0.1) is 5.92 Å². The highest BCUT2D eigenvalue weighted by atomic mass is 79.9. The summed E-state index contributed by atoms with van der Waals surface area (Å²) >= 11 is 3.37. The van der Waals surface area contributed by atoms with Gasteiger partial charge in [-0.25, -0.2) is 0 Å². The predicted molar refractivity (Wildman–Crippen MR) is 74.1 cm³/mol. The minimum atomic E-state index is 0.318. The first-order chi connectivity index (χ1) is 8.15. The van der Waals surface area contributed by atoms with Crippen molar-refractivity contribution in [3.05, 3.63) is 28.2 Å². The molecule has 1 heterocycles. The molecule has 17 heavy (non-hydrogen) atoms. The molecular formula is C14H20BrNO. The minimum Gasteiger partial charge on any atom is -0.507 e. The summed E-state index contributed by atoms with van der Waals surface area (Å²) in [7, 11) is 0. The van der Waals surface area contributed by atoms with Gasteiger partial charge < -0.3 is 5.11 Å². The van der Waals surface area contributed by atoms with Crippen LogP contribution in [0.4, 0.5) is 0 Å². The van der Waals surface area contributed by atoms with E-state index in [0.29, 0.717) is 5.75 Å². The van der Waals surface area contributed by atoms with Gasteiger partial charge in [0.05, 0.1) is 4.47 Å². The molecule has 2 rings (SSSR count). The Morgan fingerprint density at radius 1 is 1.35 bits per heavy atom. The first-order valence-corrected chi connectivity index (χ1v) is 7.14. The molecule has 0 saturated carbocycles. The van der Waals surface area contributed by atoms with Crippen molar-refractivity contribution >= 4 is 15.9 Å². The highest BCUT2D eigenvalue weighted by Crippen LogP contribution is 2.25. The van der Waals surface area contributed by atoms with Gasteiger partial charge in [-0.15, -0.1) is 0 Å². The largest absolute Gasteiger partial charge is 0.507 e. The van der Waals surface area contributed by atoms with Crippen molar-refractivity contribution in [2.45, 2.75) is 32.7 Å². The topological polar surface area (TPSA) is 23.5 Å². The molecule has 0 amide bonds. The third-order valence-electron chi connectivity index (χ3n) is 3.53. The Balaban J connectivity index is 1.97. The van der Waals surface area contributed by atoms with Crippen molar-refractivity contribution in [2.24, 2.45) is 5.92 Å². The average Bonchev–Trinajstić information content (AvgIpc) is 2.49. The molecule has 94 valence electrons. The van der Waals surface area contributed by atoms with Gasteiger partial charge in [0.2, 0.25) is 0 Å². The number of phenolic OH excluding ortho intramolecular Hbond substituents is 1. The average molecular weight is 298 g/mol. The third kappa shape index (κ3) is 3.71. The molecule has 1 N–H and O–H groups in total. The van der Waals surface area contributed by atoms with E-state index in [1.165, 1.54) is 37.9 Å². The van der Waals surface area contributed by atoms with Gasteiger partial charge in [-0.1, -0.05) is 13.0 Å². The second-order valence-electron chi connectivity index (χ2n) is 5.10. The molecule has 1 aliphatic rings. The lowest BCUT2D eigenvalue weighted by molar-refractivity contribution is 0.273. The van der Waals surface area contributed by atoms with Gasteiger partial charge in [-0.2, -0.15) is 0 Å². The Morgan fingerprint density at radius 2 is 2.18 bits per heavy atom. The first-order valence-electron chi connectivity index (χ1n) is 6.35. The zero-order chi connectivity index (χ0) is 12.3. The number of nitrogens with zero attached hydrogens (tertiary/aromatic N) is 1. The van der Waals surface area contributed by atoms with Crippen LogP contribution in [0.1, 0.15) is 31.7 Å². The summed E-state index contributed by atoms with van der Waals surface area (Å²) in [6.45, 7) is 5.73. The molecule has 1 unspecified atom stereocenters. The molecule has 1 aliphatic heterocycles. The molecule has 1 atom stereocenters. The third-order valence-corrected chi connectivity index (χ3v) is 4.16. The van der Waals surface area contributed by atoms with E-state index in [1.54, 1.807) is 6.07 Å². The number of aromatic hydroxyl groups is 1. The minimum absolute atomic E-state index is 0.318. The Hall–Kier alpha value is -0.540. The summed E-state index contributed by atoms with van der Waals surface area (Å²) in [5.74, 6) is 1.18. The van der Waals surface area contributed by atoms with Gasteiger partial charge in [0, 0.05) is 6.54 Å². The summed E-state index contributed by atoms with van der Waals surface area (Å²) in [6, 6.07) is 5.79. The van der Waals surface area contributed by atoms with Crippen molar-refractivity contribution in [3.8, 4) is 5.75 Å². The lowest BCUT2D eigenvalue weighted by atomic mass is 10.0. The Kier molecular flexibility index (Phi) is 4.46. The van der Waals surface area contributed by atoms with Crippen LogP contribution in [0.25, 0.3) is 0 Å². The van der Waals surface area contributed by atoms with Gasteiger partial charge in [0.15, 0.2) is 0 Å². The predicted octanol–water partition coefficient (Wildman–Crippen LogP) is 3.78. The van der Waals surface area contributed by atoms with Crippen LogP contribution >= 0.6 is 15.9 Å². The maximum Gasteiger partial charge on any atom is 0.129 e. The zero-order valence-electron chi connectivity index (χ0n) is 10.3. The molecule has 1 aromatic rings. The molecule has 1 fully saturated rings. The lowest BCUT2D eigenvalue weighted by Crippen LogP contribution is -2.24. The van der Waals surface area contributed by atoms with E-state index in [1.807, 2.05) is 12.1 Å². The van der Waals surface area contributed by atoms with Crippen LogP contribution in [-0.4, -0.2) is 23.1 Å². The van der Waals surface area contributed by atoms with Crippen molar-refractivity contribution < 1.29 is 5.11 Å². The van der Waals surface area contributed by atoms with Crippen LogP contribution in [0.15, 0.2) is 22.7 Å². The summed E-state index contributed by atoms with van der Waals surface area (Å²) in [4.78, 5) is 2.52. The maximum absolute atomic E-state index is 9.47. The zero-order valence-corrected chi connectivity index (χ0v) is 11.9. The van der Waals surface area contributed by atoms with Crippen LogP contribution < -0.4 is 0 Å². The van der Waals surface area contributed by atoms with Crippen LogP contribution in [0.5, 0.6) is 5.75 Å². The Labute approximate surface area is 112 Å². The number of benzene rings is 1. The summed E-state index contributed by atoms with van der Waals surface area (Å²) in [5, 5.41) is 9.47. The van der Waals surface area contributed by atoms with Crippen LogP contribution in [0.2, 0.25) is 0 Å². The Bertz CT molecular complexity index is 380. The normalized spacial score (nSPS) is 22.4. The SMILES string of the molecule is CC1CCCN(Cc2ccc(O)c(Br)c2)CC1. The van der Waals surface area contributed by atoms with Gasteiger partial charge in [0.1, 0.15) is 5.75 Å². The number of phenols is 1. The number of rotatable bonds is 2. The van der Waals surface area contributed by atoms with Crippen LogP contribution in [-0.2, 0) is 6.54 Å². The van der Waals surface area contributed by atoms with E-state index in [-0.39, 0.29) is 0 Å². The first kappa shape index (κ1) is 12.9. The van der Waals surface area contributed by atoms with E-state index in [2.05, 4.69) is 27.8 Å². The molecule has 3 heteroatoms. The highest BCUT2D eigenvalue weighted by Gasteiger charge is 2.14. The van der Waals surface area contributed by atoms with Crippen molar-refractivity contribution in [3.63, 3.8) is 0 Å². The van der Waals surface area contributed by atoms with E-state index >= 15 is 0 Å². The van der Waals surface area contributed by atoms with Gasteiger partial charge in [-0.05, 0) is 71.9 Å². The van der Waals surface area contributed by atoms with Gasteiger partial charge >= 0.3 is 0 Å².